The average Bonchev–Trinajstić information content (AvgIpc) is 3.47. The summed E-state index contributed by atoms with van der Waals surface area (Å²) in [6, 6.07) is 1.68. The van der Waals surface area contributed by atoms with Crippen molar-refractivity contribution in [2.75, 3.05) is 6.61 Å². The molecule has 3 aromatic heterocycles. The Bertz CT molecular complexity index is 1140. The maximum atomic E-state index is 12.8. The fraction of sp³-hybridized carbons (Fsp3) is 0.500. The molecule has 0 spiro atoms. The molecular weight excluding hydrogens is 382 g/mol. The zero-order valence-electron chi connectivity index (χ0n) is 17.7. The van der Waals surface area contributed by atoms with Gasteiger partial charge in [0.25, 0.3) is 5.56 Å². The number of pyridine rings is 1. The van der Waals surface area contributed by atoms with Gasteiger partial charge in [-0.05, 0) is 44.6 Å². The Morgan fingerprint density at radius 2 is 2.10 bits per heavy atom. The molecule has 8 heteroatoms. The van der Waals surface area contributed by atoms with Crippen LogP contribution in [0.25, 0.3) is 22.4 Å². The second-order valence-corrected chi connectivity index (χ2v) is 7.87. The molecule has 3 heterocycles. The summed E-state index contributed by atoms with van der Waals surface area (Å²) in [6.07, 6.45) is 6.50. The zero-order valence-corrected chi connectivity index (χ0v) is 17.7. The van der Waals surface area contributed by atoms with Crippen molar-refractivity contribution in [3.63, 3.8) is 0 Å². The standard InChI is InChI=1S/C22H27N5O3/c1-4-6-9-30-22-16(10-15(11-23-22)13(3)28)20-24-18-17(5-2)27(12-14-7-8-14)26-19(18)21(29)25-20/h10-11,14H,4-9,12H2,1-3H3,(H,24,25,29). The highest BCUT2D eigenvalue weighted by Crippen LogP contribution is 2.32. The number of nitrogens with zero attached hydrogens (tertiary/aromatic N) is 4. The fourth-order valence-electron chi connectivity index (χ4n) is 3.48. The summed E-state index contributed by atoms with van der Waals surface area (Å²) >= 11 is 0. The van der Waals surface area contributed by atoms with Crippen molar-refractivity contribution >= 4 is 16.8 Å². The van der Waals surface area contributed by atoms with Crippen molar-refractivity contribution < 1.29 is 9.53 Å². The van der Waals surface area contributed by atoms with E-state index in [1.54, 1.807) is 6.07 Å². The molecule has 0 saturated heterocycles. The van der Waals surface area contributed by atoms with Gasteiger partial charge in [0.15, 0.2) is 11.3 Å². The van der Waals surface area contributed by atoms with Gasteiger partial charge in [-0.2, -0.15) is 5.10 Å². The number of hydrogen-bond acceptors (Lipinski definition) is 6. The Balaban J connectivity index is 1.84. The van der Waals surface area contributed by atoms with Crippen LogP contribution in [0.15, 0.2) is 17.1 Å². The molecule has 0 radical (unpaired) electrons. The molecule has 0 bridgehead atoms. The van der Waals surface area contributed by atoms with E-state index >= 15 is 0 Å². The predicted molar refractivity (Wildman–Crippen MR) is 114 cm³/mol. The molecule has 30 heavy (non-hydrogen) atoms. The number of carbonyl (C=O) groups excluding carboxylic acids is 1. The SMILES string of the molecule is CCCCOc1ncc(C(C)=O)cc1-c1nc2c(CC)n(CC3CC3)nc2c(=O)[nH]1. The van der Waals surface area contributed by atoms with Crippen molar-refractivity contribution in [1.29, 1.82) is 0 Å². The molecule has 0 amide bonds. The number of fused-ring (bicyclic) bond motifs is 1. The maximum Gasteiger partial charge on any atom is 0.279 e. The van der Waals surface area contributed by atoms with Crippen molar-refractivity contribution in [2.24, 2.45) is 5.92 Å². The van der Waals surface area contributed by atoms with E-state index in [2.05, 4.69) is 22.0 Å². The summed E-state index contributed by atoms with van der Waals surface area (Å²) in [5, 5.41) is 4.54. The van der Waals surface area contributed by atoms with E-state index in [-0.39, 0.29) is 11.3 Å². The van der Waals surface area contributed by atoms with Crippen molar-refractivity contribution in [3.05, 3.63) is 33.9 Å². The van der Waals surface area contributed by atoms with E-state index in [0.29, 0.717) is 46.4 Å². The number of nitrogens with one attached hydrogen (secondary N) is 1. The summed E-state index contributed by atoms with van der Waals surface area (Å²) in [7, 11) is 0. The minimum atomic E-state index is -0.299. The van der Waals surface area contributed by atoms with Crippen LogP contribution in [0.4, 0.5) is 0 Å². The van der Waals surface area contributed by atoms with Gasteiger partial charge >= 0.3 is 0 Å². The number of ether oxygens (including phenoxy) is 1. The van der Waals surface area contributed by atoms with E-state index in [4.69, 9.17) is 9.72 Å². The average molecular weight is 409 g/mol. The van der Waals surface area contributed by atoms with Crippen LogP contribution in [0.5, 0.6) is 5.88 Å². The number of ketones is 1. The molecule has 1 saturated carbocycles. The van der Waals surface area contributed by atoms with Gasteiger partial charge < -0.3 is 9.72 Å². The van der Waals surface area contributed by atoms with Crippen molar-refractivity contribution in [2.45, 2.75) is 59.4 Å². The third kappa shape index (κ3) is 3.99. The highest BCUT2D eigenvalue weighted by Gasteiger charge is 2.25. The quantitative estimate of drug-likeness (QED) is 0.428. The van der Waals surface area contributed by atoms with Gasteiger partial charge in [-0.1, -0.05) is 20.3 Å². The Labute approximate surface area is 174 Å². The Morgan fingerprint density at radius 3 is 2.77 bits per heavy atom. The number of carbonyl (C=O) groups is 1. The molecular formula is C22H27N5O3. The van der Waals surface area contributed by atoms with E-state index < -0.39 is 0 Å². The maximum absolute atomic E-state index is 12.8. The smallest absolute Gasteiger partial charge is 0.279 e. The number of rotatable bonds is 9. The second-order valence-electron chi connectivity index (χ2n) is 7.87. The van der Waals surface area contributed by atoms with Gasteiger partial charge in [0.05, 0.1) is 17.9 Å². The van der Waals surface area contributed by atoms with Crippen LogP contribution >= 0.6 is 0 Å². The normalized spacial score (nSPS) is 13.7. The molecule has 0 aliphatic heterocycles. The first-order valence-corrected chi connectivity index (χ1v) is 10.7. The highest BCUT2D eigenvalue weighted by atomic mass is 16.5. The molecule has 1 aliphatic rings. The lowest BCUT2D eigenvalue weighted by Crippen LogP contribution is -2.11. The van der Waals surface area contributed by atoms with Crippen LogP contribution in [-0.4, -0.2) is 37.1 Å². The van der Waals surface area contributed by atoms with Crippen molar-refractivity contribution in [1.82, 2.24) is 24.7 Å². The summed E-state index contributed by atoms with van der Waals surface area (Å²) in [6.45, 7) is 6.92. The third-order valence-corrected chi connectivity index (χ3v) is 5.41. The van der Waals surface area contributed by atoms with Crippen LogP contribution in [0, 0.1) is 5.92 Å². The number of hydrogen-bond donors (Lipinski definition) is 1. The third-order valence-electron chi connectivity index (χ3n) is 5.41. The van der Waals surface area contributed by atoms with Crippen LogP contribution in [0.1, 0.15) is 62.5 Å². The molecule has 1 fully saturated rings. The molecule has 0 aromatic carbocycles. The molecule has 158 valence electrons. The second kappa shape index (κ2) is 8.38. The first-order chi connectivity index (χ1) is 14.5. The number of aryl methyl sites for hydroxylation is 1. The molecule has 4 rings (SSSR count). The molecule has 1 aliphatic carbocycles. The van der Waals surface area contributed by atoms with E-state index in [1.807, 2.05) is 11.6 Å². The summed E-state index contributed by atoms with van der Waals surface area (Å²) in [4.78, 5) is 36.6. The summed E-state index contributed by atoms with van der Waals surface area (Å²) in [5.74, 6) is 1.23. The van der Waals surface area contributed by atoms with Crippen LogP contribution in [-0.2, 0) is 13.0 Å². The van der Waals surface area contributed by atoms with E-state index in [9.17, 15) is 9.59 Å². The number of Topliss-reactive ketones (excluding diaryl/α,β-unsaturated/α-hetero) is 1. The van der Waals surface area contributed by atoms with E-state index in [1.165, 1.54) is 26.0 Å². The minimum absolute atomic E-state index is 0.112. The highest BCUT2D eigenvalue weighted by molar-refractivity contribution is 5.95. The van der Waals surface area contributed by atoms with Crippen LogP contribution in [0.2, 0.25) is 0 Å². The number of H-pyrrole nitrogens is 1. The molecule has 8 nitrogen and oxygen atoms in total. The fourth-order valence-corrected chi connectivity index (χ4v) is 3.48. The minimum Gasteiger partial charge on any atom is -0.477 e. The van der Waals surface area contributed by atoms with Gasteiger partial charge in [-0.15, -0.1) is 0 Å². The van der Waals surface area contributed by atoms with E-state index in [0.717, 1.165) is 31.5 Å². The molecule has 3 aromatic rings. The Hall–Kier alpha value is -3.03. The van der Waals surface area contributed by atoms with Gasteiger partial charge in [-0.25, -0.2) is 9.97 Å². The monoisotopic (exact) mass is 409 g/mol. The van der Waals surface area contributed by atoms with Gasteiger partial charge in [-0.3, -0.25) is 14.3 Å². The summed E-state index contributed by atoms with van der Waals surface area (Å²) < 4.78 is 7.76. The number of aromatic amines is 1. The van der Waals surface area contributed by atoms with Gasteiger partial charge in [0.2, 0.25) is 5.88 Å². The zero-order chi connectivity index (χ0) is 21.3. The number of aromatic nitrogens is 5. The topological polar surface area (TPSA) is 103 Å². The lowest BCUT2D eigenvalue weighted by molar-refractivity contribution is 0.101. The summed E-state index contributed by atoms with van der Waals surface area (Å²) in [5.41, 5.74) is 2.55. The molecule has 0 atom stereocenters. The van der Waals surface area contributed by atoms with Crippen LogP contribution in [0.3, 0.4) is 0 Å². The predicted octanol–water partition coefficient (Wildman–Crippen LogP) is 3.54. The first kappa shape index (κ1) is 20.3. The molecule has 1 N–H and O–H groups in total. The van der Waals surface area contributed by atoms with Gasteiger partial charge in [0, 0.05) is 18.3 Å². The lowest BCUT2D eigenvalue weighted by atomic mass is 10.1. The first-order valence-electron chi connectivity index (χ1n) is 10.7. The number of unbranched alkanes of at least 4 members (excludes halogenated alkanes) is 1. The largest absolute Gasteiger partial charge is 0.477 e. The Morgan fingerprint density at radius 1 is 1.30 bits per heavy atom. The molecule has 0 unspecified atom stereocenters. The van der Waals surface area contributed by atoms with Gasteiger partial charge in [0.1, 0.15) is 11.3 Å². The van der Waals surface area contributed by atoms with Crippen molar-refractivity contribution in [3.8, 4) is 17.3 Å². The Kier molecular flexibility index (Phi) is 5.65. The lowest BCUT2D eigenvalue weighted by Gasteiger charge is -2.11. The van der Waals surface area contributed by atoms with Crippen LogP contribution < -0.4 is 10.3 Å².